The standard InChI is InChI=1S/C19H16N4OS/c1-21-19-23(22-12-15-9-7-14(11-20)8-10-15)17(13-25-19)16-5-3-4-6-18(16)24-2/h3-10,12-13H,1-2H3. The van der Waals surface area contributed by atoms with Gasteiger partial charge in [-0.25, -0.2) is 4.68 Å². The molecule has 0 atom stereocenters. The van der Waals surface area contributed by atoms with E-state index < -0.39 is 0 Å². The molecule has 124 valence electrons. The Morgan fingerprint density at radius 1 is 1.16 bits per heavy atom. The van der Waals surface area contributed by atoms with Crippen molar-refractivity contribution >= 4 is 17.6 Å². The maximum absolute atomic E-state index is 8.88. The molecule has 25 heavy (non-hydrogen) atoms. The molecule has 3 rings (SSSR count). The van der Waals surface area contributed by atoms with Crippen molar-refractivity contribution in [2.24, 2.45) is 10.1 Å². The van der Waals surface area contributed by atoms with Gasteiger partial charge in [0.25, 0.3) is 0 Å². The number of nitriles is 1. The molecule has 0 aliphatic rings. The van der Waals surface area contributed by atoms with Gasteiger partial charge in [-0.15, -0.1) is 11.3 Å². The van der Waals surface area contributed by atoms with Crippen molar-refractivity contribution in [3.8, 4) is 23.1 Å². The molecule has 0 spiro atoms. The van der Waals surface area contributed by atoms with Crippen LogP contribution in [0.3, 0.4) is 0 Å². The zero-order valence-corrected chi connectivity index (χ0v) is 14.7. The first kappa shape index (κ1) is 16.7. The van der Waals surface area contributed by atoms with Gasteiger partial charge in [-0.3, -0.25) is 4.99 Å². The third-order valence-corrected chi connectivity index (χ3v) is 4.53. The smallest absolute Gasteiger partial charge is 0.205 e. The number of ether oxygens (including phenoxy) is 1. The van der Waals surface area contributed by atoms with Crippen LogP contribution >= 0.6 is 11.3 Å². The Kier molecular flexibility index (Phi) is 5.07. The number of hydrogen-bond acceptors (Lipinski definition) is 5. The zero-order chi connectivity index (χ0) is 17.6. The van der Waals surface area contributed by atoms with E-state index in [0.29, 0.717) is 5.56 Å². The summed E-state index contributed by atoms with van der Waals surface area (Å²) in [5, 5.41) is 15.5. The molecule has 0 saturated heterocycles. The molecule has 0 amide bonds. The average Bonchev–Trinajstić information content (AvgIpc) is 3.09. The monoisotopic (exact) mass is 348 g/mol. The van der Waals surface area contributed by atoms with Crippen molar-refractivity contribution < 1.29 is 4.74 Å². The molecular formula is C19H16N4OS. The minimum absolute atomic E-state index is 0.624. The molecule has 2 aromatic carbocycles. The molecule has 3 aromatic rings. The van der Waals surface area contributed by atoms with E-state index >= 15 is 0 Å². The van der Waals surface area contributed by atoms with Crippen LogP contribution in [-0.4, -0.2) is 25.0 Å². The number of para-hydroxylation sites is 1. The summed E-state index contributed by atoms with van der Waals surface area (Å²) < 4.78 is 7.26. The largest absolute Gasteiger partial charge is 0.496 e. The van der Waals surface area contributed by atoms with Gasteiger partial charge < -0.3 is 4.74 Å². The lowest BCUT2D eigenvalue weighted by Crippen LogP contribution is -2.11. The topological polar surface area (TPSA) is 62.7 Å². The summed E-state index contributed by atoms with van der Waals surface area (Å²) in [7, 11) is 3.40. The first-order chi connectivity index (χ1) is 12.3. The third kappa shape index (κ3) is 3.52. The first-order valence-corrected chi connectivity index (χ1v) is 8.46. The van der Waals surface area contributed by atoms with Gasteiger partial charge in [0, 0.05) is 18.0 Å². The van der Waals surface area contributed by atoms with E-state index in [-0.39, 0.29) is 0 Å². The second-order valence-electron chi connectivity index (χ2n) is 5.12. The molecule has 0 aliphatic carbocycles. The fourth-order valence-corrected chi connectivity index (χ4v) is 3.17. The van der Waals surface area contributed by atoms with E-state index in [0.717, 1.165) is 27.4 Å². The van der Waals surface area contributed by atoms with Crippen molar-refractivity contribution in [3.05, 3.63) is 69.8 Å². The van der Waals surface area contributed by atoms with Crippen LogP contribution < -0.4 is 9.54 Å². The Hall–Kier alpha value is -3.17. The maximum Gasteiger partial charge on any atom is 0.205 e. The molecule has 1 heterocycles. The van der Waals surface area contributed by atoms with E-state index in [1.54, 1.807) is 37.2 Å². The highest BCUT2D eigenvalue weighted by Gasteiger charge is 2.11. The Balaban J connectivity index is 2.05. The molecule has 0 fully saturated rings. The average molecular weight is 348 g/mol. The van der Waals surface area contributed by atoms with E-state index in [2.05, 4.69) is 16.2 Å². The molecule has 5 nitrogen and oxygen atoms in total. The molecule has 0 N–H and O–H groups in total. The number of benzene rings is 2. The SMILES string of the molecule is CN=c1scc(-c2ccccc2OC)n1N=Cc1ccc(C#N)cc1. The molecule has 0 saturated carbocycles. The quantitative estimate of drug-likeness (QED) is 0.677. The summed E-state index contributed by atoms with van der Waals surface area (Å²) in [5.74, 6) is 0.783. The minimum Gasteiger partial charge on any atom is -0.496 e. The van der Waals surface area contributed by atoms with Gasteiger partial charge in [0.15, 0.2) is 0 Å². The van der Waals surface area contributed by atoms with Crippen LogP contribution in [0, 0.1) is 11.3 Å². The van der Waals surface area contributed by atoms with E-state index in [1.807, 2.05) is 41.8 Å². The molecular weight excluding hydrogens is 332 g/mol. The molecule has 0 unspecified atom stereocenters. The van der Waals surface area contributed by atoms with Gasteiger partial charge in [0.1, 0.15) is 5.75 Å². The van der Waals surface area contributed by atoms with Crippen molar-refractivity contribution in [3.63, 3.8) is 0 Å². The van der Waals surface area contributed by atoms with Crippen LogP contribution in [0.1, 0.15) is 11.1 Å². The molecule has 0 radical (unpaired) electrons. The minimum atomic E-state index is 0.624. The number of thiazole rings is 1. The summed E-state index contributed by atoms with van der Waals surface area (Å²) in [6.07, 6.45) is 1.75. The summed E-state index contributed by atoms with van der Waals surface area (Å²) >= 11 is 1.52. The lowest BCUT2D eigenvalue weighted by atomic mass is 10.1. The lowest BCUT2D eigenvalue weighted by molar-refractivity contribution is 0.416. The third-order valence-electron chi connectivity index (χ3n) is 3.62. The first-order valence-electron chi connectivity index (χ1n) is 7.58. The van der Waals surface area contributed by atoms with Crippen molar-refractivity contribution in [1.29, 1.82) is 5.26 Å². The number of hydrogen-bond donors (Lipinski definition) is 0. The molecule has 1 aromatic heterocycles. The Bertz CT molecular complexity index is 1010. The second kappa shape index (κ2) is 7.60. The number of aromatic nitrogens is 1. The van der Waals surface area contributed by atoms with Crippen LogP contribution in [0.2, 0.25) is 0 Å². The fourth-order valence-electron chi connectivity index (χ4n) is 2.37. The molecule has 6 heteroatoms. The van der Waals surface area contributed by atoms with Gasteiger partial charge >= 0.3 is 0 Å². The van der Waals surface area contributed by atoms with Crippen LogP contribution in [0.15, 0.2) is 64.0 Å². The van der Waals surface area contributed by atoms with Crippen molar-refractivity contribution in [2.75, 3.05) is 14.2 Å². The second-order valence-corrected chi connectivity index (χ2v) is 5.95. The summed E-state index contributed by atoms with van der Waals surface area (Å²) in [6, 6.07) is 17.2. The van der Waals surface area contributed by atoms with Crippen LogP contribution in [0.25, 0.3) is 11.3 Å². The highest BCUT2D eigenvalue weighted by atomic mass is 32.1. The molecule has 0 aliphatic heterocycles. The van der Waals surface area contributed by atoms with Gasteiger partial charge in [-0.2, -0.15) is 10.4 Å². The van der Waals surface area contributed by atoms with Gasteiger partial charge in [-0.05, 0) is 29.8 Å². The molecule has 0 bridgehead atoms. The van der Waals surface area contributed by atoms with Crippen LogP contribution in [-0.2, 0) is 0 Å². The number of methoxy groups -OCH3 is 1. The summed E-state index contributed by atoms with van der Waals surface area (Å²) in [6.45, 7) is 0. The van der Waals surface area contributed by atoms with E-state index in [9.17, 15) is 0 Å². The van der Waals surface area contributed by atoms with Crippen molar-refractivity contribution in [1.82, 2.24) is 4.68 Å². The summed E-state index contributed by atoms with van der Waals surface area (Å²) in [4.78, 5) is 5.08. The predicted molar refractivity (Wildman–Crippen MR) is 99.9 cm³/mol. The highest BCUT2D eigenvalue weighted by molar-refractivity contribution is 7.07. The number of rotatable bonds is 4. The number of nitrogens with zero attached hydrogens (tertiary/aromatic N) is 4. The Morgan fingerprint density at radius 2 is 1.92 bits per heavy atom. The van der Waals surface area contributed by atoms with Gasteiger partial charge in [-0.1, -0.05) is 24.3 Å². The lowest BCUT2D eigenvalue weighted by Gasteiger charge is -2.08. The van der Waals surface area contributed by atoms with E-state index in [4.69, 9.17) is 10.00 Å². The maximum atomic E-state index is 8.88. The summed E-state index contributed by atoms with van der Waals surface area (Å²) in [5.41, 5.74) is 3.39. The normalized spacial score (nSPS) is 11.6. The van der Waals surface area contributed by atoms with Crippen LogP contribution in [0.4, 0.5) is 0 Å². The zero-order valence-electron chi connectivity index (χ0n) is 13.9. The van der Waals surface area contributed by atoms with Gasteiger partial charge in [0.05, 0.1) is 30.7 Å². The fraction of sp³-hybridized carbons (Fsp3) is 0.105. The predicted octanol–water partition coefficient (Wildman–Crippen LogP) is 3.51. The van der Waals surface area contributed by atoms with Crippen molar-refractivity contribution in [2.45, 2.75) is 0 Å². The Morgan fingerprint density at radius 3 is 2.60 bits per heavy atom. The highest BCUT2D eigenvalue weighted by Crippen LogP contribution is 2.29. The van der Waals surface area contributed by atoms with Crippen LogP contribution in [0.5, 0.6) is 5.75 Å². The Labute approximate surface area is 149 Å². The van der Waals surface area contributed by atoms with Gasteiger partial charge in [0.2, 0.25) is 4.80 Å². The van der Waals surface area contributed by atoms with E-state index in [1.165, 1.54) is 11.3 Å².